The van der Waals surface area contributed by atoms with Crippen LogP contribution >= 0.6 is 11.3 Å². The molecule has 0 radical (unpaired) electrons. The van der Waals surface area contributed by atoms with E-state index in [4.69, 9.17) is 4.74 Å². The fourth-order valence-corrected chi connectivity index (χ4v) is 3.22. The van der Waals surface area contributed by atoms with Crippen molar-refractivity contribution in [1.29, 1.82) is 0 Å². The van der Waals surface area contributed by atoms with Crippen LogP contribution in [0, 0.1) is 0 Å². The largest absolute Gasteiger partial charge is 0.444 e. The number of hydrogen-bond donors (Lipinski definition) is 2. The number of carbonyl (C=O) groups is 1. The molecule has 1 aliphatic heterocycles. The Morgan fingerprint density at radius 2 is 2.30 bits per heavy atom. The van der Waals surface area contributed by atoms with Crippen LogP contribution in [0.5, 0.6) is 0 Å². The van der Waals surface area contributed by atoms with Crippen LogP contribution < -0.4 is 0 Å². The predicted octanol–water partition coefficient (Wildman–Crippen LogP) is 1.94. The van der Waals surface area contributed by atoms with Gasteiger partial charge in [-0.15, -0.1) is 11.3 Å². The number of rotatable bonds is 2. The van der Waals surface area contributed by atoms with E-state index in [1.54, 1.807) is 20.8 Å². The highest BCUT2D eigenvalue weighted by Gasteiger charge is 2.47. The third-order valence-electron chi connectivity index (χ3n) is 3.26. The molecule has 2 heterocycles. The molecule has 0 aromatic carbocycles. The highest BCUT2D eigenvalue weighted by Crippen LogP contribution is 2.38. The molecule has 1 aromatic rings. The van der Waals surface area contributed by atoms with Gasteiger partial charge in [0.15, 0.2) is 0 Å². The van der Waals surface area contributed by atoms with Crippen LogP contribution in [0.15, 0.2) is 17.5 Å². The molecule has 112 valence electrons. The summed E-state index contributed by atoms with van der Waals surface area (Å²) in [5.41, 5.74) is -1.70. The van der Waals surface area contributed by atoms with E-state index in [1.807, 2.05) is 17.5 Å². The first-order valence-electron chi connectivity index (χ1n) is 6.62. The van der Waals surface area contributed by atoms with Crippen molar-refractivity contribution in [3.8, 4) is 0 Å². The maximum atomic E-state index is 12.2. The van der Waals surface area contributed by atoms with Crippen molar-refractivity contribution in [2.45, 2.75) is 44.4 Å². The van der Waals surface area contributed by atoms with E-state index in [2.05, 4.69) is 0 Å². The standard InChI is InChI=1S/C14H21NO4S/c1-13(2,3)19-12(17)15-9-14(18,7-10(15)8-16)11-5-4-6-20-11/h4-6,10,16,18H,7-9H2,1-3H3/t10-,14-/m1/s1. The lowest BCUT2D eigenvalue weighted by atomic mass is 9.99. The SMILES string of the molecule is CC(C)(C)OC(=O)N1C[C@@](O)(c2cccs2)C[C@@H]1CO. The normalized spacial score (nSPS) is 26.9. The number of hydrogen-bond acceptors (Lipinski definition) is 5. The van der Waals surface area contributed by atoms with E-state index in [0.717, 1.165) is 4.88 Å². The molecule has 5 nitrogen and oxygen atoms in total. The fraction of sp³-hybridized carbons (Fsp3) is 0.643. The molecule has 0 spiro atoms. The first-order valence-corrected chi connectivity index (χ1v) is 7.50. The molecule has 2 rings (SSSR count). The van der Waals surface area contributed by atoms with E-state index >= 15 is 0 Å². The van der Waals surface area contributed by atoms with Gasteiger partial charge in [0.05, 0.1) is 19.2 Å². The zero-order chi connectivity index (χ0) is 15.0. The number of aliphatic hydroxyl groups is 2. The molecule has 1 aliphatic rings. The molecule has 1 amide bonds. The Bertz CT molecular complexity index is 468. The van der Waals surface area contributed by atoms with E-state index in [-0.39, 0.29) is 13.2 Å². The van der Waals surface area contributed by atoms with E-state index in [9.17, 15) is 15.0 Å². The quantitative estimate of drug-likeness (QED) is 0.875. The summed E-state index contributed by atoms with van der Waals surface area (Å²) in [6.07, 6.45) is -0.174. The van der Waals surface area contributed by atoms with Crippen molar-refractivity contribution >= 4 is 17.4 Å². The third-order valence-corrected chi connectivity index (χ3v) is 4.33. The van der Waals surface area contributed by atoms with Gasteiger partial charge < -0.3 is 14.9 Å². The minimum Gasteiger partial charge on any atom is -0.444 e. The van der Waals surface area contributed by atoms with Gasteiger partial charge in [0.1, 0.15) is 11.2 Å². The summed E-state index contributed by atoms with van der Waals surface area (Å²) in [6.45, 7) is 5.34. The number of aliphatic hydroxyl groups excluding tert-OH is 1. The molecule has 1 aromatic heterocycles. The summed E-state index contributed by atoms with van der Waals surface area (Å²) in [6, 6.07) is 3.29. The smallest absolute Gasteiger partial charge is 0.410 e. The maximum Gasteiger partial charge on any atom is 0.410 e. The molecule has 1 saturated heterocycles. The Morgan fingerprint density at radius 1 is 1.60 bits per heavy atom. The Hall–Kier alpha value is -1.11. The minimum atomic E-state index is -1.10. The lowest BCUT2D eigenvalue weighted by Gasteiger charge is -2.28. The van der Waals surface area contributed by atoms with Crippen LogP contribution in [0.3, 0.4) is 0 Å². The van der Waals surface area contributed by atoms with Crippen molar-refractivity contribution in [3.05, 3.63) is 22.4 Å². The van der Waals surface area contributed by atoms with Crippen molar-refractivity contribution in [2.24, 2.45) is 0 Å². The first kappa shape index (κ1) is 15.3. The highest BCUT2D eigenvalue weighted by atomic mass is 32.1. The monoisotopic (exact) mass is 299 g/mol. The summed E-state index contributed by atoms with van der Waals surface area (Å²) in [7, 11) is 0. The molecule has 2 N–H and O–H groups in total. The van der Waals surface area contributed by atoms with Gasteiger partial charge in [0, 0.05) is 11.3 Å². The zero-order valence-electron chi connectivity index (χ0n) is 12.0. The van der Waals surface area contributed by atoms with Crippen LogP contribution in [0.25, 0.3) is 0 Å². The molecule has 0 bridgehead atoms. The summed E-state index contributed by atoms with van der Waals surface area (Å²) < 4.78 is 5.33. The van der Waals surface area contributed by atoms with Crippen molar-refractivity contribution in [2.75, 3.05) is 13.2 Å². The second-order valence-electron chi connectivity index (χ2n) is 6.16. The molecular weight excluding hydrogens is 278 g/mol. The second-order valence-corrected chi connectivity index (χ2v) is 7.11. The zero-order valence-corrected chi connectivity index (χ0v) is 12.8. The van der Waals surface area contributed by atoms with Gasteiger partial charge in [-0.25, -0.2) is 4.79 Å². The lowest BCUT2D eigenvalue weighted by molar-refractivity contribution is 0.00971. The molecule has 1 fully saturated rings. The average molecular weight is 299 g/mol. The fourth-order valence-electron chi connectivity index (χ4n) is 2.39. The van der Waals surface area contributed by atoms with Gasteiger partial charge >= 0.3 is 6.09 Å². The third kappa shape index (κ3) is 3.13. The molecule has 6 heteroatoms. The van der Waals surface area contributed by atoms with Crippen LogP contribution in [0.1, 0.15) is 32.1 Å². The molecule has 0 aliphatic carbocycles. The van der Waals surface area contributed by atoms with E-state index in [0.29, 0.717) is 6.42 Å². The van der Waals surface area contributed by atoms with Gasteiger partial charge in [-0.2, -0.15) is 0 Å². The van der Waals surface area contributed by atoms with Crippen LogP contribution in [-0.2, 0) is 10.3 Å². The van der Waals surface area contributed by atoms with Gasteiger partial charge in [-0.3, -0.25) is 4.90 Å². The maximum absolute atomic E-state index is 12.2. The summed E-state index contributed by atoms with van der Waals surface area (Å²) in [5, 5.41) is 22.1. The molecule has 20 heavy (non-hydrogen) atoms. The lowest BCUT2D eigenvalue weighted by Crippen LogP contribution is -2.42. The number of thiophene rings is 1. The summed E-state index contributed by atoms with van der Waals surface area (Å²) in [4.78, 5) is 14.4. The van der Waals surface area contributed by atoms with Crippen molar-refractivity contribution < 1.29 is 19.7 Å². The Kier molecular flexibility index (Phi) is 4.09. The van der Waals surface area contributed by atoms with E-state index < -0.39 is 23.3 Å². The molecule has 2 atom stereocenters. The highest BCUT2D eigenvalue weighted by molar-refractivity contribution is 7.10. The Labute approximate surface area is 122 Å². The summed E-state index contributed by atoms with van der Waals surface area (Å²) >= 11 is 1.45. The number of carbonyl (C=O) groups excluding carboxylic acids is 1. The molecular formula is C14H21NO4S. The minimum absolute atomic E-state index is 0.146. The van der Waals surface area contributed by atoms with Gasteiger partial charge in [-0.05, 0) is 32.2 Å². The molecule has 0 saturated carbocycles. The number of amides is 1. The topological polar surface area (TPSA) is 70.0 Å². The van der Waals surface area contributed by atoms with Crippen molar-refractivity contribution in [1.82, 2.24) is 4.90 Å². The van der Waals surface area contributed by atoms with Gasteiger partial charge in [-0.1, -0.05) is 6.07 Å². The predicted molar refractivity (Wildman–Crippen MR) is 76.6 cm³/mol. The average Bonchev–Trinajstić information content (AvgIpc) is 2.94. The molecule has 0 unspecified atom stereocenters. The second kappa shape index (κ2) is 5.35. The van der Waals surface area contributed by atoms with Gasteiger partial charge in [0.25, 0.3) is 0 Å². The number of ether oxygens (including phenoxy) is 1. The van der Waals surface area contributed by atoms with Gasteiger partial charge in [0.2, 0.25) is 0 Å². The number of likely N-dealkylation sites (tertiary alicyclic amines) is 1. The van der Waals surface area contributed by atoms with Crippen LogP contribution in [0.2, 0.25) is 0 Å². The summed E-state index contributed by atoms with van der Waals surface area (Å²) in [5.74, 6) is 0. The number of β-amino-alcohol motifs (C(OH)–C–C–N with tert-alkyl or cyclic N) is 1. The van der Waals surface area contributed by atoms with Crippen LogP contribution in [-0.4, -0.2) is 46.0 Å². The first-order chi connectivity index (χ1) is 9.25. The van der Waals surface area contributed by atoms with Crippen molar-refractivity contribution in [3.63, 3.8) is 0 Å². The Morgan fingerprint density at radius 3 is 2.80 bits per heavy atom. The Balaban J connectivity index is 2.16. The van der Waals surface area contributed by atoms with Crippen LogP contribution in [0.4, 0.5) is 4.79 Å². The van der Waals surface area contributed by atoms with E-state index in [1.165, 1.54) is 16.2 Å². The number of nitrogens with zero attached hydrogens (tertiary/aromatic N) is 1.